The maximum absolute atomic E-state index is 11.3. The highest BCUT2D eigenvalue weighted by Crippen LogP contribution is 2.26. The van der Waals surface area contributed by atoms with Gasteiger partial charge in [0, 0.05) is 12.8 Å². The first kappa shape index (κ1) is 13.8. The van der Waals surface area contributed by atoms with Gasteiger partial charge in [0.25, 0.3) is 0 Å². The van der Waals surface area contributed by atoms with E-state index in [1.807, 2.05) is 0 Å². The minimum absolute atomic E-state index is 0.0112. The normalized spacial score (nSPS) is 13.4. The summed E-state index contributed by atoms with van der Waals surface area (Å²) >= 11 is 0. The summed E-state index contributed by atoms with van der Waals surface area (Å²) in [5, 5.41) is 29.9. The number of nitrogens with one attached hydrogen (secondary N) is 1. The second-order valence-electron chi connectivity index (χ2n) is 3.67. The van der Waals surface area contributed by atoms with Gasteiger partial charge in [0.2, 0.25) is 0 Å². The van der Waals surface area contributed by atoms with Gasteiger partial charge in [-0.25, -0.2) is 8.42 Å². The Hall–Kier alpha value is -1.31. The van der Waals surface area contributed by atoms with Crippen LogP contribution in [0.25, 0.3) is 0 Å². The molecule has 0 saturated carbocycles. The van der Waals surface area contributed by atoms with Crippen molar-refractivity contribution in [1.82, 2.24) is 0 Å². The van der Waals surface area contributed by atoms with Crippen LogP contribution in [-0.4, -0.2) is 49.2 Å². The van der Waals surface area contributed by atoms with Gasteiger partial charge in [-0.1, -0.05) is 0 Å². The molecule has 1 aromatic rings. The predicted octanol–water partition coefficient (Wildman–Crippen LogP) is -0.439. The van der Waals surface area contributed by atoms with Crippen LogP contribution in [-0.2, 0) is 9.84 Å². The summed E-state index contributed by atoms with van der Waals surface area (Å²) in [4.78, 5) is 0.0660. The molecular weight excluding hydrogens is 246 g/mol. The maximum atomic E-state index is 11.3. The standard InChI is InChI=1S/C10H15NO5S/c1-17(15,16)8-2-3-10(14)9(4-8)11-5-7(13)6-12/h2-4,7,11-14H,5-6H2,1H3. The van der Waals surface area contributed by atoms with E-state index in [1.165, 1.54) is 18.2 Å². The molecule has 0 aromatic heterocycles. The molecule has 17 heavy (non-hydrogen) atoms. The molecule has 1 unspecified atom stereocenters. The number of sulfone groups is 1. The van der Waals surface area contributed by atoms with Gasteiger partial charge in [-0.05, 0) is 18.2 Å². The van der Waals surface area contributed by atoms with Crippen LogP contribution in [0.2, 0.25) is 0 Å². The van der Waals surface area contributed by atoms with Crippen molar-refractivity contribution in [3.63, 3.8) is 0 Å². The molecule has 1 rings (SSSR count). The maximum Gasteiger partial charge on any atom is 0.175 e. The van der Waals surface area contributed by atoms with E-state index in [1.54, 1.807) is 0 Å². The third-order valence-corrected chi connectivity index (χ3v) is 3.25. The predicted molar refractivity (Wildman–Crippen MR) is 62.8 cm³/mol. The minimum Gasteiger partial charge on any atom is -0.506 e. The SMILES string of the molecule is CS(=O)(=O)c1ccc(O)c(NCC(O)CO)c1. The quantitative estimate of drug-likeness (QED) is 0.535. The molecule has 6 nitrogen and oxygen atoms in total. The van der Waals surface area contributed by atoms with Gasteiger partial charge in [0.05, 0.1) is 23.3 Å². The van der Waals surface area contributed by atoms with Crippen LogP contribution in [0.15, 0.2) is 23.1 Å². The third kappa shape index (κ3) is 3.88. The molecule has 0 aliphatic carbocycles. The Kier molecular flexibility index (Phi) is 4.33. The molecule has 0 radical (unpaired) electrons. The van der Waals surface area contributed by atoms with Crippen molar-refractivity contribution in [3.05, 3.63) is 18.2 Å². The fourth-order valence-electron chi connectivity index (χ4n) is 1.18. The average Bonchev–Trinajstić information content (AvgIpc) is 2.26. The van der Waals surface area contributed by atoms with Crippen LogP contribution in [0.5, 0.6) is 5.75 Å². The molecule has 0 heterocycles. The van der Waals surface area contributed by atoms with E-state index in [2.05, 4.69) is 5.32 Å². The lowest BCUT2D eigenvalue weighted by Gasteiger charge is -2.12. The van der Waals surface area contributed by atoms with Crippen LogP contribution in [0.1, 0.15) is 0 Å². The first-order valence-corrected chi connectivity index (χ1v) is 6.79. The molecule has 0 fully saturated rings. The molecular formula is C10H15NO5S. The fraction of sp³-hybridized carbons (Fsp3) is 0.400. The highest BCUT2D eigenvalue weighted by Gasteiger charge is 2.11. The first-order chi connectivity index (χ1) is 7.84. The number of benzene rings is 1. The largest absolute Gasteiger partial charge is 0.506 e. The van der Waals surface area contributed by atoms with Gasteiger partial charge in [-0.3, -0.25) is 0 Å². The van der Waals surface area contributed by atoms with E-state index in [0.717, 1.165) is 6.26 Å². The second-order valence-corrected chi connectivity index (χ2v) is 5.68. The molecule has 4 N–H and O–H groups in total. The Balaban J connectivity index is 2.92. The van der Waals surface area contributed by atoms with Crippen LogP contribution < -0.4 is 5.32 Å². The van der Waals surface area contributed by atoms with E-state index in [-0.39, 0.29) is 22.9 Å². The van der Waals surface area contributed by atoms with E-state index < -0.39 is 22.5 Å². The van der Waals surface area contributed by atoms with E-state index in [9.17, 15) is 13.5 Å². The van der Waals surface area contributed by atoms with Gasteiger partial charge in [-0.15, -0.1) is 0 Å². The van der Waals surface area contributed by atoms with E-state index in [0.29, 0.717) is 0 Å². The number of aromatic hydroxyl groups is 1. The smallest absolute Gasteiger partial charge is 0.175 e. The molecule has 0 amide bonds. The molecule has 1 atom stereocenters. The highest BCUT2D eigenvalue weighted by atomic mass is 32.2. The van der Waals surface area contributed by atoms with Crippen LogP contribution >= 0.6 is 0 Å². The van der Waals surface area contributed by atoms with Gasteiger partial charge in [0.1, 0.15) is 5.75 Å². The van der Waals surface area contributed by atoms with Crippen molar-refractivity contribution in [2.45, 2.75) is 11.0 Å². The van der Waals surface area contributed by atoms with Crippen molar-refractivity contribution in [2.24, 2.45) is 0 Å². The van der Waals surface area contributed by atoms with Crippen molar-refractivity contribution in [2.75, 3.05) is 24.7 Å². The Morgan fingerprint density at radius 2 is 2.06 bits per heavy atom. The van der Waals surface area contributed by atoms with E-state index >= 15 is 0 Å². The number of rotatable bonds is 5. The lowest BCUT2D eigenvalue weighted by atomic mass is 10.2. The number of phenolic OH excluding ortho intramolecular Hbond substituents is 1. The molecule has 96 valence electrons. The molecule has 7 heteroatoms. The van der Waals surface area contributed by atoms with Crippen LogP contribution in [0, 0.1) is 0 Å². The number of hydrogen-bond acceptors (Lipinski definition) is 6. The van der Waals surface area contributed by atoms with Crippen molar-refractivity contribution in [3.8, 4) is 5.75 Å². The summed E-state index contributed by atoms with van der Waals surface area (Å²) in [5.41, 5.74) is 0.195. The molecule has 0 aliphatic heterocycles. The van der Waals surface area contributed by atoms with Crippen LogP contribution in [0.3, 0.4) is 0 Å². The van der Waals surface area contributed by atoms with E-state index in [4.69, 9.17) is 10.2 Å². The van der Waals surface area contributed by atoms with Crippen molar-refractivity contribution >= 4 is 15.5 Å². The molecule has 0 aliphatic rings. The number of phenols is 1. The highest BCUT2D eigenvalue weighted by molar-refractivity contribution is 7.90. The third-order valence-electron chi connectivity index (χ3n) is 2.14. The average molecular weight is 261 g/mol. The monoisotopic (exact) mass is 261 g/mol. The molecule has 0 spiro atoms. The van der Waals surface area contributed by atoms with Gasteiger partial charge in [-0.2, -0.15) is 0 Å². The zero-order valence-corrected chi connectivity index (χ0v) is 10.1. The van der Waals surface area contributed by atoms with Gasteiger partial charge in [0.15, 0.2) is 9.84 Å². The zero-order chi connectivity index (χ0) is 13.1. The molecule has 0 bridgehead atoms. The second kappa shape index (κ2) is 5.35. The lowest BCUT2D eigenvalue weighted by molar-refractivity contribution is 0.105. The summed E-state index contributed by atoms with van der Waals surface area (Å²) in [6.07, 6.45) is 0.0856. The Morgan fingerprint density at radius 3 is 2.59 bits per heavy atom. The summed E-state index contributed by atoms with van der Waals surface area (Å²) in [6, 6.07) is 3.82. The van der Waals surface area contributed by atoms with Crippen LogP contribution in [0.4, 0.5) is 5.69 Å². The number of anilines is 1. The Bertz CT molecular complexity index is 485. The first-order valence-electron chi connectivity index (χ1n) is 4.90. The topological polar surface area (TPSA) is 107 Å². The Morgan fingerprint density at radius 1 is 1.41 bits per heavy atom. The zero-order valence-electron chi connectivity index (χ0n) is 9.29. The van der Waals surface area contributed by atoms with Gasteiger partial charge >= 0.3 is 0 Å². The lowest BCUT2D eigenvalue weighted by Crippen LogP contribution is -2.23. The summed E-state index contributed by atoms with van der Waals surface area (Å²) < 4.78 is 22.6. The summed E-state index contributed by atoms with van der Waals surface area (Å²) in [6.45, 7) is -0.406. The van der Waals surface area contributed by atoms with Gasteiger partial charge < -0.3 is 20.6 Å². The molecule has 0 saturated heterocycles. The minimum atomic E-state index is -3.35. The number of aliphatic hydroxyl groups is 2. The summed E-state index contributed by atoms with van der Waals surface area (Å²) in [7, 11) is -3.35. The fourth-order valence-corrected chi connectivity index (χ4v) is 1.83. The molecule has 1 aromatic carbocycles. The van der Waals surface area contributed by atoms with Crippen molar-refractivity contribution < 1.29 is 23.7 Å². The number of hydrogen-bond donors (Lipinski definition) is 4. The Labute approximate surface area is 99.4 Å². The number of aliphatic hydroxyl groups excluding tert-OH is 2. The van der Waals surface area contributed by atoms with Crippen molar-refractivity contribution in [1.29, 1.82) is 0 Å². The summed E-state index contributed by atoms with van der Waals surface area (Å²) in [5.74, 6) is -0.123.